The van der Waals surface area contributed by atoms with Gasteiger partial charge in [0, 0.05) is 24.2 Å². The van der Waals surface area contributed by atoms with E-state index in [-0.39, 0.29) is 31.8 Å². The molecule has 138 valence electrons. The van der Waals surface area contributed by atoms with Gasteiger partial charge < -0.3 is 19.1 Å². The Kier molecular flexibility index (Phi) is 7.35. The van der Waals surface area contributed by atoms with Crippen molar-refractivity contribution < 1.29 is 23.8 Å². The van der Waals surface area contributed by atoms with Gasteiger partial charge in [-0.3, -0.25) is 4.79 Å². The number of hydrogen-bond donors (Lipinski definition) is 0. The van der Waals surface area contributed by atoms with Crippen LogP contribution in [0.2, 0.25) is 10.0 Å². The Labute approximate surface area is 156 Å². The largest absolute Gasteiger partial charge is 0.482 e. The van der Waals surface area contributed by atoms with E-state index in [1.807, 2.05) is 0 Å². The van der Waals surface area contributed by atoms with Gasteiger partial charge in [0.15, 0.2) is 12.6 Å². The lowest BCUT2D eigenvalue weighted by molar-refractivity contribution is -0.158. The fourth-order valence-corrected chi connectivity index (χ4v) is 2.78. The molecule has 1 aromatic rings. The summed E-state index contributed by atoms with van der Waals surface area (Å²) in [6.07, 6.45) is 1.67. The van der Waals surface area contributed by atoms with Crippen LogP contribution in [0.1, 0.15) is 19.8 Å². The lowest BCUT2D eigenvalue weighted by Crippen LogP contribution is -2.51. The molecule has 0 aromatic heterocycles. The molecule has 25 heavy (non-hydrogen) atoms. The summed E-state index contributed by atoms with van der Waals surface area (Å²) in [4.78, 5) is 26.4. The van der Waals surface area contributed by atoms with Crippen molar-refractivity contribution in [3.8, 4) is 5.75 Å². The van der Waals surface area contributed by atoms with Crippen molar-refractivity contribution in [2.45, 2.75) is 31.8 Å². The van der Waals surface area contributed by atoms with E-state index in [9.17, 15) is 9.59 Å². The van der Waals surface area contributed by atoms with E-state index >= 15 is 0 Å². The van der Waals surface area contributed by atoms with Crippen molar-refractivity contribution in [2.24, 2.45) is 0 Å². The molecule has 1 fully saturated rings. The second-order valence-electron chi connectivity index (χ2n) is 5.62. The standard InChI is InChI=1S/C17H21Cl2NO5/c1-3-24-17(22)14(9-23-2)20(12-5-6-12)16(21)10-25-15-8-11(18)4-7-13(15)19/h4,7-8,12,14H,3,5-6,9-10H2,1-2H3. The average molecular weight is 390 g/mol. The third-order valence-electron chi connectivity index (χ3n) is 3.69. The number of benzene rings is 1. The van der Waals surface area contributed by atoms with Gasteiger partial charge in [0.05, 0.1) is 18.2 Å². The number of nitrogens with zero attached hydrogens (tertiary/aromatic N) is 1. The number of hydrogen-bond acceptors (Lipinski definition) is 5. The Bertz CT molecular complexity index is 621. The summed E-state index contributed by atoms with van der Waals surface area (Å²) >= 11 is 11.9. The van der Waals surface area contributed by atoms with Crippen molar-refractivity contribution in [1.29, 1.82) is 0 Å². The molecule has 6 nitrogen and oxygen atoms in total. The van der Waals surface area contributed by atoms with Gasteiger partial charge in [-0.05, 0) is 31.9 Å². The highest BCUT2D eigenvalue weighted by molar-refractivity contribution is 6.34. The molecule has 0 N–H and O–H groups in total. The number of carbonyl (C=O) groups is 2. The van der Waals surface area contributed by atoms with Crippen molar-refractivity contribution in [2.75, 3.05) is 26.9 Å². The first-order valence-corrected chi connectivity index (χ1v) is 8.78. The molecule has 1 unspecified atom stereocenters. The van der Waals surface area contributed by atoms with E-state index in [1.165, 1.54) is 18.1 Å². The third kappa shape index (κ3) is 5.49. The predicted molar refractivity (Wildman–Crippen MR) is 94.1 cm³/mol. The molecule has 0 radical (unpaired) electrons. The summed E-state index contributed by atoms with van der Waals surface area (Å²) in [5.74, 6) is -0.489. The molecular weight excluding hydrogens is 369 g/mol. The van der Waals surface area contributed by atoms with Crippen LogP contribution in [0, 0.1) is 0 Å². The summed E-state index contributed by atoms with van der Waals surface area (Å²) < 4.78 is 15.7. The number of carbonyl (C=O) groups excluding carboxylic acids is 2. The highest BCUT2D eigenvalue weighted by Crippen LogP contribution is 2.31. The van der Waals surface area contributed by atoms with Crippen LogP contribution in [0.25, 0.3) is 0 Å². The van der Waals surface area contributed by atoms with Gasteiger partial charge >= 0.3 is 5.97 Å². The quantitative estimate of drug-likeness (QED) is 0.607. The van der Waals surface area contributed by atoms with Gasteiger partial charge in [-0.1, -0.05) is 23.2 Å². The van der Waals surface area contributed by atoms with Crippen LogP contribution in [0.5, 0.6) is 5.75 Å². The van der Waals surface area contributed by atoms with Gasteiger partial charge in [-0.25, -0.2) is 4.79 Å². The molecule has 0 bridgehead atoms. The second kappa shape index (κ2) is 9.27. The molecule has 1 aliphatic carbocycles. The second-order valence-corrected chi connectivity index (χ2v) is 6.46. The molecule has 2 rings (SSSR count). The number of rotatable bonds is 9. The molecule has 1 aromatic carbocycles. The average Bonchev–Trinajstić information content (AvgIpc) is 3.40. The maximum absolute atomic E-state index is 12.7. The van der Waals surface area contributed by atoms with Crippen LogP contribution < -0.4 is 4.74 Å². The Hall–Kier alpha value is -1.50. The van der Waals surface area contributed by atoms with Crippen molar-refractivity contribution >= 4 is 35.1 Å². The number of esters is 1. The van der Waals surface area contributed by atoms with Gasteiger partial charge in [-0.15, -0.1) is 0 Å². The summed E-state index contributed by atoms with van der Waals surface area (Å²) in [6, 6.07) is 3.97. The fraction of sp³-hybridized carbons (Fsp3) is 0.529. The Morgan fingerprint density at radius 3 is 2.64 bits per heavy atom. The zero-order chi connectivity index (χ0) is 18.4. The van der Waals surface area contributed by atoms with Crippen molar-refractivity contribution in [1.82, 2.24) is 4.90 Å². The third-order valence-corrected chi connectivity index (χ3v) is 4.24. The summed E-state index contributed by atoms with van der Waals surface area (Å²) in [5, 5.41) is 0.809. The van der Waals surface area contributed by atoms with Crippen LogP contribution in [-0.4, -0.2) is 55.8 Å². The van der Waals surface area contributed by atoms with E-state index in [0.29, 0.717) is 15.8 Å². The van der Waals surface area contributed by atoms with Crippen LogP contribution >= 0.6 is 23.2 Å². The number of methoxy groups -OCH3 is 1. The van der Waals surface area contributed by atoms with Crippen molar-refractivity contribution in [3.05, 3.63) is 28.2 Å². The molecule has 0 saturated heterocycles. The van der Waals surface area contributed by atoms with Gasteiger partial charge in [0.25, 0.3) is 5.91 Å². The molecule has 1 aliphatic rings. The minimum absolute atomic E-state index is 0.00418. The molecule has 0 aliphatic heterocycles. The zero-order valence-corrected chi connectivity index (χ0v) is 15.7. The van der Waals surface area contributed by atoms with Crippen LogP contribution in [0.15, 0.2) is 18.2 Å². The first-order valence-electron chi connectivity index (χ1n) is 8.02. The number of halogens is 2. The minimum atomic E-state index is -0.789. The van der Waals surface area contributed by atoms with Crippen LogP contribution in [0.3, 0.4) is 0 Å². The highest BCUT2D eigenvalue weighted by Gasteiger charge is 2.41. The first-order chi connectivity index (χ1) is 12.0. The summed E-state index contributed by atoms with van der Waals surface area (Å²) in [6.45, 7) is 1.77. The molecule has 8 heteroatoms. The van der Waals surface area contributed by atoms with E-state index in [2.05, 4.69) is 0 Å². The Morgan fingerprint density at radius 2 is 2.04 bits per heavy atom. The normalized spacial score (nSPS) is 14.7. The van der Waals surface area contributed by atoms with E-state index in [1.54, 1.807) is 19.1 Å². The number of amides is 1. The lowest BCUT2D eigenvalue weighted by Gasteiger charge is -2.29. The van der Waals surface area contributed by atoms with Crippen molar-refractivity contribution in [3.63, 3.8) is 0 Å². The smallest absolute Gasteiger partial charge is 0.331 e. The maximum atomic E-state index is 12.7. The lowest BCUT2D eigenvalue weighted by atomic mass is 10.2. The molecule has 0 heterocycles. The predicted octanol–water partition coefficient (Wildman–Crippen LogP) is 2.94. The maximum Gasteiger partial charge on any atom is 0.331 e. The monoisotopic (exact) mass is 389 g/mol. The zero-order valence-electron chi connectivity index (χ0n) is 14.2. The van der Waals surface area contributed by atoms with E-state index in [0.717, 1.165) is 12.8 Å². The Balaban J connectivity index is 2.08. The molecule has 1 amide bonds. The van der Waals surface area contributed by atoms with Gasteiger partial charge in [-0.2, -0.15) is 0 Å². The number of ether oxygens (including phenoxy) is 3. The molecular formula is C17H21Cl2NO5. The molecule has 1 atom stereocenters. The van der Waals surface area contributed by atoms with E-state index in [4.69, 9.17) is 37.4 Å². The Morgan fingerprint density at radius 1 is 1.32 bits per heavy atom. The summed E-state index contributed by atoms with van der Waals surface area (Å²) in [7, 11) is 1.48. The van der Waals surface area contributed by atoms with Gasteiger partial charge in [0.2, 0.25) is 0 Å². The minimum Gasteiger partial charge on any atom is -0.482 e. The summed E-state index contributed by atoms with van der Waals surface area (Å²) in [5.41, 5.74) is 0. The fourth-order valence-electron chi connectivity index (χ4n) is 2.44. The first kappa shape index (κ1) is 19.8. The van der Waals surface area contributed by atoms with E-state index < -0.39 is 12.0 Å². The highest BCUT2D eigenvalue weighted by atomic mass is 35.5. The van der Waals surface area contributed by atoms with Crippen LogP contribution in [0.4, 0.5) is 0 Å². The SMILES string of the molecule is CCOC(=O)C(COC)N(C(=O)COc1cc(Cl)ccc1Cl)C1CC1. The molecule has 0 spiro atoms. The van der Waals surface area contributed by atoms with Crippen LogP contribution in [-0.2, 0) is 19.1 Å². The topological polar surface area (TPSA) is 65.1 Å². The van der Waals surface area contributed by atoms with Gasteiger partial charge in [0.1, 0.15) is 5.75 Å². The molecule has 1 saturated carbocycles.